The van der Waals surface area contributed by atoms with Crippen molar-refractivity contribution in [1.29, 1.82) is 0 Å². The molecule has 1 saturated carbocycles. The molecule has 3 nitrogen and oxygen atoms in total. The SMILES string of the molecule is CCCC1CCC(NCc2c(C)n[nH]c2C)CC1. The quantitative estimate of drug-likeness (QED) is 0.839. The second-order valence-corrected chi connectivity index (χ2v) is 5.80. The van der Waals surface area contributed by atoms with E-state index >= 15 is 0 Å². The van der Waals surface area contributed by atoms with Crippen molar-refractivity contribution in [3.8, 4) is 0 Å². The molecule has 1 aliphatic rings. The second-order valence-electron chi connectivity index (χ2n) is 5.80. The molecule has 0 saturated heterocycles. The summed E-state index contributed by atoms with van der Waals surface area (Å²) < 4.78 is 0. The van der Waals surface area contributed by atoms with Gasteiger partial charge in [0.1, 0.15) is 0 Å². The van der Waals surface area contributed by atoms with Crippen LogP contribution >= 0.6 is 0 Å². The number of aryl methyl sites for hydroxylation is 2. The lowest BCUT2D eigenvalue weighted by molar-refractivity contribution is 0.277. The second kappa shape index (κ2) is 6.37. The van der Waals surface area contributed by atoms with Crippen LogP contribution in [0.5, 0.6) is 0 Å². The first-order valence-corrected chi connectivity index (χ1v) is 7.44. The maximum atomic E-state index is 4.25. The molecular formula is C15H27N3. The van der Waals surface area contributed by atoms with E-state index in [0.29, 0.717) is 6.04 Å². The minimum atomic E-state index is 0.715. The molecule has 1 aliphatic carbocycles. The molecule has 1 aromatic rings. The van der Waals surface area contributed by atoms with Gasteiger partial charge in [-0.15, -0.1) is 0 Å². The summed E-state index contributed by atoms with van der Waals surface area (Å²) in [4.78, 5) is 0. The zero-order valence-corrected chi connectivity index (χ0v) is 12.1. The summed E-state index contributed by atoms with van der Waals surface area (Å²) >= 11 is 0. The van der Waals surface area contributed by atoms with E-state index in [1.807, 2.05) is 0 Å². The third-order valence-corrected chi connectivity index (χ3v) is 4.39. The van der Waals surface area contributed by atoms with Crippen molar-refractivity contribution in [2.24, 2.45) is 5.92 Å². The standard InChI is InChI=1S/C15H27N3/c1-4-5-13-6-8-14(9-7-13)16-10-15-11(2)17-18-12(15)3/h13-14,16H,4-10H2,1-3H3,(H,17,18). The van der Waals surface area contributed by atoms with Gasteiger partial charge < -0.3 is 5.32 Å². The normalized spacial score (nSPS) is 24.4. The lowest BCUT2D eigenvalue weighted by atomic mass is 9.83. The van der Waals surface area contributed by atoms with Crippen molar-refractivity contribution in [2.75, 3.05) is 0 Å². The van der Waals surface area contributed by atoms with Crippen LogP contribution in [0.25, 0.3) is 0 Å². The van der Waals surface area contributed by atoms with Crippen molar-refractivity contribution in [3.63, 3.8) is 0 Å². The number of aromatic nitrogens is 2. The Kier molecular flexibility index (Phi) is 4.81. The Balaban J connectivity index is 1.76. The highest BCUT2D eigenvalue weighted by Crippen LogP contribution is 2.27. The predicted octanol–water partition coefficient (Wildman–Crippen LogP) is 3.48. The van der Waals surface area contributed by atoms with Gasteiger partial charge in [0.2, 0.25) is 0 Å². The van der Waals surface area contributed by atoms with Crippen LogP contribution in [0, 0.1) is 19.8 Å². The number of rotatable bonds is 5. The van der Waals surface area contributed by atoms with Gasteiger partial charge in [-0.1, -0.05) is 19.8 Å². The molecule has 2 rings (SSSR count). The molecule has 3 heteroatoms. The Labute approximate surface area is 111 Å². The van der Waals surface area contributed by atoms with E-state index in [1.54, 1.807) is 0 Å². The molecule has 2 N–H and O–H groups in total. The van der Waals surface area contributed by atoms with E-state index in [2.05, 4.69) is 36.3 Å². The summed E-state index contributed by atoms with van der Waals surface area (Å²) in [6, 6.07) is 0.715. The van der Waals surface area contributed by atoms with Crippen LogP contribution < -0.4 is 5.32 Å². The fourth-order valence-electron chi connectivity index (χ4n) is 3.14. The number of aromatic amines is 1. The van der Waals surface area contributed by atoms with Crippen molar-refractivity contribution in [2.45, 2.75) is 71.9 Å². The lowest BCUT2D eigenvalue weighted by Crippen LogP contribution is -2.33. The Hall–Kier alpha value is -0.830. The third-order valence-electron chi connectivity index (χ3n) is 4.39. The summed E-state index contributed by atoms with van der Waals surface area (Å²) in [5, 5.41) is 11.0. The summed E-state index contributed by atoms with van der Waals surface area (Å²) in [6.07, 6.45) is 8.29. The number of nitrogens with zero attached hydrogens (tertiary/aromatic N) is 1. The van der Waals surface area contributed by atoms with Gasteiger partial charge in [-0.3, -0.25) is 5.10 Å². The van der Waals surface area contributed by atoms with Crippen LogP contribution in [0.15, 0.2) is 0 Å². The fourth-order valence-corrected chi connectivity index (χ4v) is 3.14. The minimum Gasteiger partial charge on any atom is -0.310 e. The van der Waals surface area contributed by atoms with E-state index in [1.165, 1.54) is 49.8 Å². The molecule has 1 heterocycles. The molecule has 1 fully saturated rings. The van der Waals surface area contributed by atoms with E-state index in [4.69, 9.17) is 0 Å². The Morgan fingerprint density at radius 2 is 1.94 bits per heavy atom. The smallest absolute Gasteiger partial charge is 0.0638 e. The molecule has 0 unspecified atom stereocenters. The van der Waals surface area contributed by atoms with Gasteiger partial charge in [0, 0.05) is 23.8 Å². The molecule has 0 radical (unpaired) electrons. The lowest BCUT2D eigenvalue weighted by Gasteiger charge is -2.29. The molecule has 102 valence electrons. The third kappa shape index (κ3) is 3.35. The summed E-state index contributed by atoms with van der Waals surface area (Å²) in [5.74, 6) is 0.991. The largest absolute Gasteiger partial charge is 0.310 e. The van der Waals surface area contributed by atoms with Crippen LogP contribution in [0.4, 0.5) is 0 Å². The van der Waals surface area contributed by atoms with Gasteiger partial charge in [0.25, 0.3) is 0 Å². The Morgan fingerprint density at radius 1 is 1.22 bits per heavy atom. The number of H-pyrrole nitrogens is 1. The highest BCUT2D eigenvalue weighted by molar-refractivity contribution is 5.22. The number of hydrogen-bond acceptors (Lipinski definition) is 2. The van der Waals surface area contributed by atoms with Crippen LogP contribution in [0.2, 0.25) is 0 Å². The monoisotopic (exact) mass is 249 g/mol. The molecule has 0 amide bonds. The van der Waals surface area contributed by atoms with E-state index in [0.717, 1.165) is 18.2 Å². The average Bonchev–Trinajstić information content (AvgIpc) is 2.69. The van der Waals surface area contributed by atoms with Crippen LogP contribution in [-0.4, -0.2) is 16.2 Å². The Bertz CT molecular complexity index is 342. The zero-order chi connectivity index (χ0) is 13.0. The maximum Gasteiger partial charge on any atom is 0.0638 e. The first-order valence-electron chi connectivity index (χ1n) is 7.44. The molecular weight excluding hydrogens is 222 g/mol. The average molecular weight is 249 g/mol. The van der Waals surface area contributed by atoms with Crippen molar-refractivity contribution < 1.29 is 0 Å². The van der Waals surface area contributed by atoms with Crippen molar-refractivity contribution >= 4 is 0 Å². The number of nitrogens with one attached hydrogen (secondary N) is 2. The highest BCUT2D eigenvalue weighted by Gasteiger charge is 2.20. The molecule has 0 spiro atoms. The van der Waals surface area contributed by atoms with E-state index < -0.39 is 0 Å². The summed E-state index contributed by atoms with van der Waals surface area (Å²) in [7, 11) is 0. The van der Waals surface area contributed by atoms with Gasteiger partial charge in [-0.05, 0) is 45.4 Å². The Morgan fingerprint density at radius 3 is 2.50 bits per heavy atom. The van der Waals surface area contributed by atoms with Crippen molar-refractivity contribution in [1.82, 2.24) is 15.5 Å². The first-order chi connectivity index (χ1) is 8.70. The molecule has 1 aromatic heterocycles. The zero-order valence-electron chi connectivity index (χ0n) is 12.1. The summed E-state index contributed by atoms with van der Waals surface area (Å²) in [6.45, 7) is 7.46. The molecule has 0 aliphatic heterocycles. The van der Waals surface area contributed by atoms with Crippen LogP contribution in [0.1, 0.15) is 62.4 Å². The van der Waals surface area contributed by atoms with Gasteiger partial charge in [-0.25, -0.2) is 0 Å². The predicted molar refractivity (Wildman–Crippen MR) is 75.6 cm³/mol. The maximum absolute atomic E-state index is 4.25. The molecule has 0 bridgehead atoms. The van der Waals surface area contributed by atoms with Gasteiger partial charge in [0.05, 0.1) is 5.69 Å². The topological polar surface area (TPSA) is 40.7 Å². The van der Waals surface area contributed by atoms with Gasteiger partial charge >= 0.3 is 0 Å². The fraction of sp³-hybridized carbons (Fsp3) is 0.800. The van der Waals surface area contributed by atoms with E-state index in [9.17, 15) is 0 Å². The van der Waals surface area contributed by atoms with Gasteiger partial charge in [-0.2, -0.15) is 5.10 Å². The summed E-state index contributed by atoms with van der Waals surface area (Å²) in [5.41, 5.74) is 3.70. The van der Waals surface area contributed by atoms with Crippen molar-refractivity contribution in [3.05, 3.63) is 17.0 Å². The number of hydrogen-bond donors (Lipinski definition) is 2. The highest BCUT2D eigenvalue weighted by atomic mass is 15.1. The minimum absolute atomic E-state index is 0.715. The van der Waals surface area contributed by atoms with Crippen LogP contribution in [-0.2, 0) is 6.54 Å². The molecule has 18 heavy (non-hydrogen) atoms. The molecule has 0 aromatic carbocycles. The molecule has 0 atom stereocenters. The first kappa shape index (κ1) is 13.6. The van der Waals surface area contributed by atoms with Gasteiger partial charge in [0.15, 0.2) is 0 Å². The van der Waals surface area contributed by atoms with Crippen LogP contribution in [0.3, 0.4) is 0 Å². The van der Waals surface area contributed by atoms with E-state index in [-0.39, 0.29) is 0 Å².